The second-order valence-corrected chi connectivity index (χ2v) is 6.02. The Kier molecular flexibility index (Phi) is 6.19. The third kappa shape index (κ3) is 5.86. The minimum absolute atomic E-state index is 0.419. The first-order chi connectivity index (χ1) is 8.81. The maximum atomic E-state index is 11.2. The van der Waals surface area contributed by atoms with Gasteiger partial charge in [0.25, 0.3) is 0 Å². The molecule has 1 unspecified atom stereocenters. The average molecular weight is 271 g/mol. The SMILES string of the molecule is CN(C)CCN1CCN(CCC(C)(N)C(N)=O)CC1. The van der Waals surface area contributed by atoms with Gasteiger partial charge in [0.05, 0.1) is 5.54 Å². The van der Waals surface area contributed by atoms with E-state index in [0.29, 0.717) is 6.42 Å². The lowest BCUT2D eigenvalue weighted by atomic mass is 9.98. The Labute approximate surface area is 116 Å². The quantitative estimate of drug-likeness (QED) is 0.605. The largest absolute Gasteiger partial charge is 0.368 e. The van der Waals surface area contributed by atoms with Crippen molar-refractivity contribution >= 4 is 5.91 Å². The molecule has 0 aliphatic carbocycles. The van der Waals surface area contributed by atoms with Crippen LogP contribution in [-0.2, 0) is 4.79 Å². The summed E-state index contributed by atoms with van der Waals surface area (Å²) in [5.74, 6) is -0.419. The van der Waals surface area contributed by atoms with Crippen molar-refractivity contribution in [3.05, 3.63) is 0 Å². The summed E-state index contributed by atoms with van der Waals surface area (Å²) >= 11 is 0. The van der Waals surface area contributed by atoms with Crippen LogP contribution in [-0.4, -0.2) is 86.1 Å². The molecule has 1 saturated heterocycles. The van der Waals surface area contributed by atoms with Gasteiger partial charge in [-0.15, -0.1) is 0 Å². The Morgan fingerprint density at radius 2 is 1.63 bits per heavy atom. The van der Waals surface area contributed by atoms with Crippen LogP contribution in [0.1, 0.15) is 13.3 Å². The maximum absolute atomic E-state index is 11.2. The summed E-state index contributed by atoms with van der Waals surface area (Å²) in [6, 6.07) is 0. The topological polar surface area (TPSA) is 78.8 Å². The van der Waals surface area contributed by atoms with Gasteiger partial charge in [-0.3, -0.25) is 9.69 Å². The Morgan fingerprint density at radius 1 is 1.16 bits per heavy atom. The van der Waals surface area contributed by atoms with Gasteiger partial charge >= 0.3 is 0 Å². The van der Waals surface area contributed by atoms with Crippen LogP contribution >= 0.6 is 0 Å². The average Bonchev–Trinajstić information content (AvgIpc) is 2.35. The molecule has 1 rings (SSSR count). The maximum Gasteiger partial charge on any atom is 0.237 e. The van der Waals surface area contributed by atoms with Crippen LogP contribution in [0.25, 0.3) is 0 Å². The Morgan fingerprint density at radius 3 is 2.05 bits per heavy atom. The summed E-state index contributed by atoms with van der Waals surface area (Å²) in [5, 5.41) is 0. The number of piperazine rings is 1. The lowest BCUT2D eigenvalue weighted by Gasteiger charge is -2.36. The Bertz CT molecular complexity index is 285. The minimum atomic E-state index is -0.887. The summed E-state index contributed by atoms with van der Waals surface area (Å²) in [7, 11) is 4.20. The summed E-state index contributed by atoms with van der Waals surface area (Å²) in [6.45, 7) is 9.04. The molecule has 0 aromatic carbocycles. The molecule has 4 N–H and O–H groups in total. The molecule has 1 fully saturated rings. The van der Waals surface area contributed by atoms with E-state index in [1.54, 1.807) is 6.92 Å². The number of rotatable bonds is 7. The van der Waals surface area contributed by atoms with Crippen molar-refractivity contribution < 1.29 is 4.79 Å². The fourth-order valence-corrected chi connectivity index (χ4v) is 2.09. The van der Waals surface area contributed by atoms with Gasteiger partial charge in [-0.2, -0.15) is 0 Å². The molecule has 0 radical (unpaired) electrons. The van der Waals surface area contributed by atoms with Crippen LogP contribution < -0.4 is 11.5 Å². The lowest BCUT2D eigenvalue weighted by Crippen LogP contribution is -2.53. The number of primary amides is 1. The van der Waals surface area contributed by atoms with Crippen LogP contribution in [0.4, 0.5) is 0 Å². The van der Waals surface area contributed by atoms with E-state index in [4.69, 9.17) is 11.5 Å². The first kappa shape index (κ1) is 16.4. The zero-order chi connectivity index (χ0) is 14.5. The fourth-order valence-electron chi connectivity index (χ4n) is 2.09. The van der Waals surface area contributed by atoms with Crippen molar-refractivity contribution in [1.29, 1.82) is 0 Å². The van der Waals surface area contributed by atoms with Gasteiger partial charge in [0, 0.05) is 45.8 Å². The molecular weight excluding hydrogens is 242 g/mol. The smallest absolute Gasteiger partial charge is 0.237 e. The highest BCUT2D eigenvalue weighted by atomic mass is 16.1. The number of carbonyl (C=O) groups excluding carboxylic acids is 1. The third-order valence-electron chi connectivity index (χ3n) is 3.84. The van der Waals surface area contributed by atoms with E-state index >= 15 is 0 Å². The van der Waals surface area contributed by atoms with Crippen LogP contribution in [0.15, 0.2) is 0 Å². The van der Waals surface area contributed by atoms with E-state index in [9.17, 15) is 4.79 Å². The molecule has 1 heterocycles. The number of carbonyl (C=O) groups is 1. The molecule has 6 nitrogen and oxygen atoms in total. The van der Waals surface area contributed by atoms with Crippen molar-refractivity contribution in [3.63, 3.8) is 0 Å². The van der Waals surface area contributed by atoms with E-state index < -0.39 is 11.4 Å². The molecular formula is C13H29N5O. The Balaban J connectivity index is 2.22. The predicted octanol–water partition coefficient (Wildman–Crippen LogP) is -1.24. The van der Waals surface area contributed by atoms with Crippen LogP contribution in [0, 0.1) is 0 Å². The number of nitrogens with two attached hydrogens (primary N) is 2. The van der Waals surface area contributed by atoms with E-state index in [1.165, 1.54) is 0 Å². The number of hydrogen-bond donors (Lipinski definition) is 2. The van der Waals surface area contributed by atoms with Gasteiger partial charge in [-0.25, -0.2) is 0 Å². The third-order valence-corrected chi connectivity index (χ3v) is 3.84. The highest BCUT2D eigenvalue weighted by molar-refractivity contribution is 5.83. The molecule has 0 bridgehead atoms. The molecule has 0 aromatic heterocycles. The molecule has 19 heavy (non-hydrogen) atoms. The summed E-state index contributed by atoms with van der Waals surface area (Å²) in [5.41, 5.74) is 10.3. The van der Waals surface area contributed by atoms with Crippen molar-refractivity contribution in [2.45, 2.75) is 18.9 Å². The number of amides is 1. The van der Waals surface area contributed by atoms with Gasteiger partial charge in [-0.1, -0.05) is 0 Å². The molecule has 6 heteroatoms. The minimum Gasteiger partial charge on any atom is -0.368 e. The standard InChI is InChI=1S/C13H29N5O/c1-13(15,12(14)19)4-5-17-8-10-18(11-9-17)7-6-16(2)3/h4-11,15H2,1-3H3,(H2,14,19). The van der Waals surface area contributed by atoms with E-state index in [2.05, 4.69) is 28.8 Å². The number of likely N-dealkylation sites (N-methyl/N-ethyl adjacent to an activating group) is 1. The number of nitrogens with zero attached hydrogens (tertiary/aromatic N) is 3. The van der Waals surface area contributed by atoms with Crippen LogP contribution in [0.3, 0.4) is 0 Å². The zero-order valence-electron chi connectivity index (χ0n) is 12.6. The van der Waals surface area contributed by atoms with Crippen molar-refractivity contribution in [1.82, 2.24) is 14.7 Å². The van der Waals surface area contributed by atoms with E-state index in [1.807, 2.05) is 0 Å². The molecule has 1 aliphatic heterocycles. The van der Waals surface area contributed by atoms with Crippen LogP contribution in [0.5, 0.6) is 0 Å². The zero-order valence-corrected chi connectivity index (χ0v) is 12.6. The van der Waals surface area contributed by atoms with Crippen molar-refractivity contribution in [3.8, 4) is 0 Å². The van der Waals surface area contributed by atoms with E-state index in [0.717, 1.165) is 45.8 Å². The highest BCUT2D eigenvalue weighted by Gasteiger charge is 2.27. The Hall–Kier alpha value is -0.690. The lowest BCUT2D eigenvalue weighted by molar-refractivity contribution is -0.122. The van der Waals surface area contributed by atoms with Gasteiger partial charge in [0.2, 0.25) is 5.91 Å². The van der Waals surface area contributed by atoms with Crippen molar-refractivity contribution in [2.24, 2.45) is 11.5 Å². The molecule has 1 atom stereocenters. The molecule has 0 saturated carbocycles. The molecule has 0 aromatic rings. The first-order valence-corrected chi connectivity index (χ1v) is 6.99. The molecule has 1 amide bonds. The normalized spacial score (nSPS) is 21.5. The highest BCUT2D eigenvalue weighted by Crippen LogP contribution is 2.08. The number of hydrogen-bond acceptors (Lipinski definition) is 5. The second-order valence-electron chi connectivity index (χ2n) is 6.02. The van der Waals surface area contributed by atoms with Gasteiger partial charge < -0.3 is 21.3 Å². The summed E-state index contributed by atoms with van der Waals surface area (Å²) < 4.78 is 0. The van der Waals surface area contributed by atoms with E-state index in [-0.39, 0.29) is 0 Å². The van der Waals surface area contributed by atoms with Gasteiger partial charge in [-0.05, 0) is 27.4 Å². The summed E-state index contributed by atoms with van der Waals surface area (Å²) in [6.07, 6.45) is 0.625. The monoisotopic (exact) mass is 271 g/mol. The first-order valence-electron chi connectivity index (χ1n) is 6.99. The van der Waals surface area contributed by atoms with Gasteiger partial charge in [0.15, 0.2) is 0 Å². The summed E-state index contributed by atoms with van der Waals surface area (Å²) in [4.78, 5) is 18.2. The van der Waals surface area contributed by atoms with Crippen LogP contribution in [0.2, 0.25) is 0 Å². The fraction of sp³-hybridized carbons (Fsp3) is 0.923. The molecule has 1 aliphatic rings. The van der Waals surface area contributed by atoms with Gasteiger partial charge in [0.1, 0.15) is 0 Å². The molecule has 0 spiro atoms. The predicted molar refractivity (Wildman–Crippen MR) is 77.8 cm³/mol. The van der Waals surface area contributed by atoms with Crippen molar-refractivity contribution in [2.75, 3.05) is 59.9 Å². The second kappa shape index (κ2) is 7.19. The molecule has 112 valence electrons.